The molecule has 1 fully saturated rings. The van der Waals surface area contributed by atoms with Gasteiger partial charge in [-0.3, -0.25) is 4.79 Å². The largest absolute Gasteiger partial charge is 0.394 e. The number of carbonyl (C=O) groups is 1. The Kier molecular flexibility index (Phi) is 4.97. The number of benzene rings is 1. The topological polar surface area (TPSA) is 144 Å². The number of aliphatic hydroxyl groups excluding tert-OH is 3. The van der Waals surface area contributed by atoms with Crippen LogP contribution in [0.5, 0.6) is 0 Å². The van der Waals surface area contributed by atoms with E-state index in [1.54, 1.807) is 0 Å². The molecule has 1 aliphatic heterocycles. The first kappa shape index (κ1) is 18.0. The number of nitrogens with zero attached hydrogens (tertiary/aromatic N) is 3. The van der Waals surface area contributed by atoms with Crippen LogP contribution in [0.1, 0.15) is 28.2 Å². The molecule has 0 spiro atoms. The molecule has 5 N–H and O–H groups in total. The van der Waals surface area contributed by atoms with Gasteiger partial charge in [0, 0.05) is 5.56 Å². The standard InChI is InChI=1S/C16H15FN4O5/c17-9-4-1-8(2-5-9)3-6-11-19-15(14(18)25)20-21(11)16-13(24)12(23)10(7-22)26-16/h1-2,4-5,10,12-13,16,22-24H,7H2,(H2,18,25)/t10-,12?,13?,16-/m1/s1. The first-order valence-corrected chi connectivity index (χ1v) is 7.57. The lowest BCUT2D eigenvalue weighted by atomic mass is 10.1. The Hall–Kier alpha value is -2.84. The number of hydrogen-bond donors (Lipinski definition) is 4. The zero-order chi connectivity index (χ0) is 18.8. The molecular formula is C16H15FN4O5. The summed E-state index contributed by atoms with van der Waals surface area (Å²) in [4.78, 5) is 15.3. The summed E-state index contributed by atoms with van der Waals surface area (Å²) in [6.45, 7) is -0.525. The van der Waals surface area contributed by atoms with E-state index in [4.69, 9.17) is 10.5 Å². The van der Waals surface area contributed by atoms with E-state index in [0.29, 0.717) is 5.56 Å². The van der Waals surface area contributed by atoms with Crippen LogP contribution in [0.15, 0.2) is 24.3 Å². The van der Waals surface area contributed by atoms with Gasteiger partial charge in [-0.15, -0.1) is 5.10 Å². The van der Waals surface area contributed by atoms with E-state index in [2.05, 4.69) is 21.9 Å². The van der Waals surface area contributed by atoms with Crippen molar-refractivity contribution in [1.29, 1.82) is 0 Å². The fourth-order valence-electron chi connectivity index (χ4n) is 2.43. The number of halogens is 1. The first-order chi connectivity index (χ1) is 12.4. The van der Waals surface area contributed by atoms with Crippen LogP contribution < -0.4 is 5.73 Å². The number of amides is 1. The maximum atomic E-state index is 12.9. The molecule has 1 aromatic heterocycles. The predicted molar refractivity (Wildman–Crippen MR) is 83.9 cm³/mol. The second-order valence-electron chi connectivity index (χ2n) is 5.55. The van der Waals surface area contributed by atoms with E-state index in [9.17, 15) is 24.5 Å². The van der Waals surface area contributed by atoms with Gasteiger partial charge in [-0.25, -0.2) is 9.07 Å². The molecule has 0 aliphatic carbocycles. The number of hydrogen-bond acceptors (Lipinski definition) is 7. The van der Waals surface area contributed by atoms with Crippen LogP contribution in [0.3, 0.4) is 0 Å². The Balaban J connectivity index is 1.98. The van der Waals surface area contributed by atoms with Crippen molar-refractivity contribution in [2.75, 3.05) is 6.61 Å². The van der Waals surface area contributed by atoms with Gasteiger partial charge in [0.1, 0.15) is 24.1 Å². The zero-order valence-electron chi connectivity index (χ0n) is 13.3. The van der Waals surface area contributed by atoms with Crippen molar-refractivity contribution in [3.63, 3.8) is 0 Å². The van der Waals surface area contributed by atoms with Crippen LogP contribution in [0.25, 0.3) is 0 Å². The van der Waals surface area contributed by atoms with Crippen LogP contribution in [0.4, 0.5) is 4.39 Å². The smallest absolute Gasteiger partial charge is 0.288 e. The van der Waals surface area contributed by atoms with Crippen molar-refractivity contribution in [3.8, 4) is 11.8 Å². The van der Waals surface area contributed by atoms with Gasteiger partial charge in [-0.1, -0.05) is 5.92 Å². The third-order valence-electron chi connectivity index (χ3n) is 3.77. The summed E-state index contributed by atoms with van der Waals surface area (Å²) in [5.41, 5.74) is 5.65. The SMILES string of the molecule is NC(=O)c1nc(C#Cc2ccc(F)cc2)n([C@@H]2O[C@H](CO)C(O)C2O)n1. The number of carbonyl (C=O) groups excluding carboxylic acids is 1. The average Bonchev–Trinajstić information content (AvgIpc) is 3.16. The highest BCUT2D eigenvalue weighted by molar-refractivity contribution is 5.88. The summed E-state index contributed by atoms with van der Waals surface area (Å²) in [5, 5.41) is 33.0. The molecule has 10 heteroatoms. The second kappa shape index (κ2) is 7.19. The molecule has 0 bridgehead atoms. The minimum absolute atomic E-state index is 0.0574. The Labute approximate surface area is 146 Å². The van der Waals surface area contributed by atoms with E-state index < -0.39 is 42.9 Å². The predicted octanol–water partition coefficient (Wildman–Crippen LogP) is -1.47. The van der Waals surface area contributed by atoms with Gasteiger partial charge in [-0.05, 0) is 30.2 Å². The fourth-order valence-corrected chi connectivity index (χ4v) is 2.43. The molecule has 2 unspecified atom stereocenters. The summed E-state index contributed by atoms with van der Waals surface area (Å²) < 4.78 is 19.3. The highest BCUT2D eigenvalue weighted by Gasteiger charge is 2.44. The molecule has 2 heterocycles. The number of nitrogens with two attached hydrogens (primary N) is 1. The minimum Gasteiger partial charge on any atom is -0.394 e. The van der Waals surface area contributed by atoms with Gasteiger partial charge < -0.3 is 25.8 Å². The number of primary amides is 1. The molecule has 3 rings (SSSR count). The number of aliphatic hydroxyl groups is 3. The normalized spacial score (nSPS) is 24.9. The van der Waals surface area contributed by atoms with E-state index >= 15 is 0 Å². The number of rotatable bonds is 3. The van der Waals surface area contributed by atoms with Gasteiger partial charge in [0.2, 0.25) is 11.6 Å². The number of aromatic nitrogens is 3. The molecule has 1 aromatic carbocycles. The molecule has 1 aliphatic rings. The molecular weight excluding hydrogens is 347 g/mol. The van der Waals surface area contributed by atoms with Crippen molar-refractivity contribution >= 4 is 5.91 Å². The Morgan fingerprint density at radius 3 is 2.54 bits per heavy atom. The van der Waals surface area contributed by atoms with Gasteiger partial charge in [0.25, 0.3) is 5.91 Å². The van der Waals surface area contributed by atoms with Crippen molar-refractivity contribution < 1.29 is 29.2 Å². The van der Waals surface area contributed by atoms with E-state index in [1.807, 2.05) is 0 Å². The molecule has 0 saturated carbocycles. The van der Waals surface area contributed by atoms with Crippen LogP contribution in [-0.2, 0) is 4.74 Å². The molecule has 0 radical (unpaired) electrons. The number of ether oxygens (including phenoxy) is 1. The summed E-state index contributed by atoms with van der Waals surface area (Å²) in [6.07, 6.45) is -5.04. The van der Waals surface area contributed by atoms with Gasteiger partial charge in [0.15, 0.2) is 6.23 Å². The van der Waals surface area contributed by atoms with Gasteiger partial charge in [0.05, 0.1) is 6.61 Å². The second-order valence-corrected chi connectivity index (χ2v) is 5.55. The lowest BCUT2D eigenvalue weighted by molar-refractivity contribution is -0.0592. The van der Waals surface area contributed by atoms with Crippen LogP contribution >= 0.6 is 0 Å². The van der Waals surface area contributed by atoms with Crippen molar-refractivity contribution in [1.82, 2.24) is 14.8 Å². The van der Waals surface area contributed by atoms with Crippen LogP contribution in [-0.4, -0.2) is 60.9 Å². The fraction of sp³-hybridized carbons (Fsp3) is 0.312. The van der Waals surface area contributed by atoms with Crippen molar-refractivity contribution in [2.45, 2.75) is 24.5 Å². The quantitative estimate of drug-likeness (QED) is 0.488. The maximum absolute atomic E-state index is 12.9. The molecule has 1 saturated heterocycles. The summed E-state index contributed by atoms with van der Waals surface area (Å²) in [7, 11) is 0. The maximum Gasteiger partial charge on any atom is 0.288 e. The molecule has 136 valence electrons. The lowest BCUT2D eigenvalue weighted by Gasteiger charge is -2.15. The third kappa shape index (κ3) is 3.42. The van der Waals surface area contributed by atoms with E-state index in [1.165, 1.54) is 24.3 Å². The van der Waals surface area contributed by atoms with Crippen molar-refractivity contribution in [2.24, 2.45) is 5.73 Å². The molecule has 2 aromatic rings. The molecule has 9 nitrogen and oxygen atoms in total. The van der Waals surface area contributed by atoms with Gasteiger partial charge in [-0.2, -0.15) is 4.98 Å². The minimum atomic E-state index is -1.43. The Morgan fingerprint density at radius 1 is 1.27 bits per heavy atom. The average molecular weight is 362 g/mol. The lowest BCUT2D eigenvalue weighted by Crippen LogP contribution is -2.33. The Bertz CT molecular complexity index is 873. The zero-order valence-corrected chi connectivity index (χ0v) is 13.3. The summed E-state index contributed by atoms with van der Waals surface area (Å²) in [5.74, 6) is 3.61. The van der Waals surface area contributed by atoms with Crippen LogP contribution in [0.2, 0.25) is 0 Å². The van der Waals surface area contributed by atoms with E-state index in [0.717, 1.165) is 4.68 Å². The first-order valence-electron chi connectivity index (χ1n) is 7.57. The third-order valence-corrected chi connectivity index (χ3v) is 3.77. The molecule has 26 heavy (non-hydrogen) atoms. The Morgan fingerprint density at radius 2 is 1.96 bits per heavy atom. The van der Waals surface area contributed by atoms with Crippen molar-refractivity contribution in [3.05, 3.63) is 47.3 Å². The molecule has 4 atom stereocenters. The highest BCUT2D eigenvalue weighted by atomic mass is 19.1. The van der Waals surface area contributed by atoms with E-state index in [-0.39, 0.29) is 11.6 Å². The van der Waals surface area contributed by atoms with Gasteiger partial charge >= 0.3 is 0 Å². The summed E-state index contributed by atoms with van der Waals surface area (Å²) in [6, 6.07) is 5.36. The highest BCUT2D eigenvalue weighted by Crippen LogP contribution is 2.29. The monoisotopic (exact) mass is 362 g/mol. The van der Waals surface area contributed by atoms with Crippen LogP contribution in [0, 0.1) is 17.7 Å². The summed E-state index contributed by atoms with van der Waals surface area (Å²) >= 11 is 0. The molecule has 1 amide bonds.